The summed E-state index contributed by atoms with van der Waals surface area (Å²) in [4.78, 5) is 0. The summed E-state index contributed by atoms with van der Waals surface area (Å²) in [7, 11) is -1.37. The Kier molecular flexibility index (Phi) is 4.99. The molecule has 0 radical (unpaired) electrons. The van der Waals surface area contributed by atoms with Crippen molar-refractivity contribution < 1.29 is 8.42 Å². The van der Waals surface area contributed by atoms with Gasteiger partial charge in [0.15, 0.2) is 0 Å². The van der Waals surface area contributed by atoms with Crippen LogP contribution in [0.2, 0.25) is 0 Å². The van der Waals surface area contributed by atoms with Gasteiger partial charge in [-0.15, -0.1) is 11.6 Å². The lowest BCUT2D eigenvalue weighted by Crippen LogP contribution is -2.34. The Morgan fingerprint density at radius 1 is 1.55 bits per heavy atom. The summed E-state index contributed by atoms with van der Waals surface area (Å²) in [6.45, 7) is 1.03. The van der Waals surface area contributed by atoms with E-state index in [9.17, 15) is 8.42 Å². The molecule has 0 fully saturated rings. The van der Waals surface area contributed by atoms with Crippen molar-refractivity contribution in [2.24, 2.45) is 0 Å². The van der Waals surface area contributed by atoms with Gasteiger partial charge >= 0.3 is 0 Å². The molecular weight excluding hydrogens is 188 g/mol. The molecular formula is C5H13ClN2O2S. The van der Waals surface area contributed by atoms with E-state index < -0.39 is 10.0 Å². The number of rotatable bonds is 5. The molecule has 0 amide bonds. The lowest BCUT2D eigenvalue weighted by Gasteiger charge is -2.15. The average molecular weight is 201 g/mol. The van der Waals surface area contributed by atoms with Gasteiger partial charge in [-0.2, -0.15) is 4.31 Å². The van der Waals surface area contributed by atoms with Gasteiger partial charge in [0.2, 0.25) is 10.0 Å². The largest absolute Gasteiger partial charge is 0.318 e. The maximum atomic E-state index is 10.9. The molecule has 1 N–H and O–H groups in total. The molecule has 0 rings (SSSR count). The third kappa shape index (κ3) is 4.58. The van der Waals surface area contributed by atoms with Crippen molar-refractivity contribution in [3.8, 4) is 0 Å². The number of likely N-dealkylation sites (N-methyl/N-ethyl adjacent to an activating group) is 1. The monoisotopic (exact) mass is 200 g/mol. The van der Waals surface area contributed by atoms with Crippen LogP contribution >= 0.6 is 11.6 Å². The predicted molar refractivity (Wildman–Crippen MR) is 46.2 cm³/mol. The van der Waals surface area contributed by atoms with Crippen molar-refractivity contribution >= 4 is 21.6 Å². The molecule has 0 heterocycles. The van der Waals surface area contributed by atoms with Crippen molar-refractivity contribution in [1.82, 2.24) is 9.62 Å². The minimum atomic E-state index is -3.13. The molecule has 0 aromatic rings. The van der Waals surface area contributed by atoms with Gasteiger partial charge in [0.25, 0.3) is 0 Å². The summed E-state index contributed by atoms with van der Waals surface area (Å²) >= 11 is 5.41. The average Bonchev–Trinajstić information content (AvgIpc) is 1.87. The van der Waals surface area contributed by atoms with Crippen LogP contribution in [0.4, 0.5) is 0 Å². The van der Waals surface area contributed by atoms with E-state index in [4.69, 9.17) is 11.6 Å². The highest BCUT2D eigenvalue weighted by Crippen LogP contribution is 1.97. The topological polar surface area (TPSA) is 49.4 Å². The third-order valence-corrected chi connectivity index (χ3v) is 2.89. The van der Waals surface area contributed by atoms with Crippen LogP contribution < -0.4 is 5.32 Å². The lowest BCUT2D eigenvalue weighted by atomic mass is 10.6. The first kappa shape index (κ1) is 11.2. The van der Waals surface area contributed by atoms with E-state index >= 15 is 0 Å². The van der Waals surface area contributed by atoms with Crippen LogP contribution in [-0.4, -0.2) is 45.1 Å². The Bertz CT molecular complexity index is 193. The van der Waals surface area contributed by atoms with Gasteiger partial charge in [0, 0.05) is 13.1 Å². The maximum Gasteiger partial charge on any atom is 0.212 e. The van der Waals surface area contributed by atoms with Gasteiger partial charge in [0.05, 0.1) is 12.3 Å². The Hall–Kier alpha value is 0.160. The van der Waals surface area contributed by atoms with Gasteiger partial charge in [0.1, 0.15) is 0 Å². The molecule has 0 aliphatic heterocycles. The van der Waals surface area contributed by atoms with Gasteiger partial charge in [-0.05, 0) is 7.05 Å². The fourth-order valence-corrected chi connectivity index (χ4v) is 1.80. The second-order valence-electron chi connectivity index (χ2n) is 2.16. The van der Waals surface area contributed by atoms with Crippen molar-refractivity contribution in [3.05, 3.63) is 0 Å². The summed E-state index contributed by atoms with van der Waals surface area (Å²) in [5.41, 5.74) is 0. The van der Waals surface area contributed by atoms with E-state index in [-0.39, 0.29) is 6.00 Å². The molecule has 4 nitrogen and oxygen atoms in total. The van der Waals surface area contributed by atoms with Crippen LogP contribution in [0.1, 0.15) is 0 Å². The normalized spacial score (nSPS) is 12.4. The standard InChI is InChI=1S/C5H13ClN2O2S/c1-7-3-4-8(5-6)11(2,9)10/h7H,3-5H2,1-2H3. The van der Waals surface area contributed by atoms with Crippen LogP contribution in [-0.2, 0) is 10.0 Å². The minimum Gasteiger partial charge on any atom is -0.318 e. The van der Waals surface area contributed by atoms with Gasteiger partial charge < -0.3 is 5.32 Å². The number of nitrogens with zero attached hydrogens (tertiary/aromatic N) is 1. The van der Waals surface area contributed by atoms with Crippen LogP contribution in [0.25, 0.3) is 0 Å². The predicted octanol–water partition coefficient (Wildman–Crippen LogP) is -0.336. The molecule has 11 heavy (non-hydrogen) atoms. The first-order valence-corrected chi connectivity index (χ1v) is 5.56. The van der Waals surface area contributed by atoms with Gasteiger partial charge in [-0.25, -0.2) is 8.42 Å². The van der Waals surface area contributed by atoms with Crippen molar-refractivity contribution in [2.75, 3.05) is 32.4 Å². The van der Waals surface area contributed by atoms with Gasteiger partial charge in [-0.1, -0.05) is 0 Å². The minimum absolute atomic E-state index is 0.0144. The third-order valence-electron chi connectivity index (χ3n) is 1.21. The van der Waals surface area contributed by atoms with Crippen molar-refractivity contribution in [1.29, 1.82) is 0 Å². The smallest absolute Gasteiger partial charge is 0.212 e. The van der Waals surface area contributed by atoms with Crippen molar-refractivity contribution in [3.63, 3.8) is 0 Å². The van der Waals surface area contributed by atoms with Crippen LogP contribution in [0.3, 0.4) is 0 Å². The number of halogens is 1. The number of hydrogen-bond donors (Lipinski definition) is 1. The quantitative estimate of drug-likeness (QED) is 0.488. The van der Waals surface area contributed by atoms with Crippen LogP contribution in [0.15, 0.2) is 0 Å². The molecule has 0 unspecified atom stereocenters. The molecule has 68 valence electrons. The fraction of sp³-hybridized carbons (Fsp3) is 1.00. The summed E-state index contributed by atoms with van der Waals surface area (Å²) in [5, 5.41) is 2.84. The lowest BCUT2D eigenvalue weighted by molar-refractivity contribution is 0.458. The molecule has 0 bridgehead atoms. The molecule has 0 aliphatic carbocycles. The Morgan fingerprint density at radius 3 is 2.36 bits per heavy atom. The highest BCUT2D eigenvalue weighted by atomic mass is 35.5. The van der Waals surface area contributed by atoms with E-state index in [0.29, 0.717) is 13.1 Å². The Labute approximate surface area is 72.6 Å². The summed E-state index contributed by atoms with van der Waals surface area (Å²) in [6, 6.07) is 0.0144. The van der Waals surface area contributed by atoms with E-state index in [2.05, 4.69) is 5.32 Å². The number of alkyl halides is 1. The fourth-order valence-electron chi connectivity index (χ4n) is 0.551. The molecule has 0 spiro atoms. The summed E-state index contributed by atoms with van der Waals surface area (Å²) in [6.07, 6.45) is 1.14. The van der Waals surface area contributed by atoms with E-state index in [1.54, 1.807) is 7.05 Å². The van der Waals surface area contributed by atoms with Crippen LogP contribution in [0, 0.1) is 0 Å². The van der Waals surface area contributed by atoms with E-state index in [0.717, 1.165) is 6.26 Å². The number of hydrogen-bond acceptors (Lipinski definition) is 3. The first-order chi connectivity index (χ1) is 5.02. The zero-order valence-electron chi connectivity index (χ0n) is 6.67. The summed E-state index contributed by atoms with van der Waals surface area (Å²) < 4.78 is 23.0. The first-order valence-electron chi connectivity index (χ1n) is 3.18. The molecule has 0 aromatic heterocycles. The number of sulfonamides is 1. The molecule has 6 heteroatoms. The van der Waals surface area contributed by atoms with Crippen LogP contribution in [0.5, 0.6) is 0 Å². The Morgan fingerprint density at radius 2 is 2.09 bits per heavy atom. The van der Waals surface area contributed by atoms with Gasteiger partial charge in [-0.3, -0.25) is 0 Å². The zero-order valence-corrected chi connectivity index (χ0v) is 8.24. The molecule has 0 saturated carbocycles. The Balaban J connectivity index is 3.97. The SMILES string of the molecule is CNCCN(CCl)S(C)(=O)=O. The highest BCUT2D eigenvalue weighted by Gasteiger charge is 2.13. The molecule has 0 aliphatic rings. The summed E-state index contributed by atoms with van der Waals surface area (Å²) in [5.74, 6) is 0. The zero-order chi connectivity index (χ0) is 8.91. The molecule has 0 saturated heterocycles. The van der Waals surface area contributed by atoms with E-state index in [1.165, 1.54) is 4.31 Å². The second kappa shape index (κ2) is 4.92. The highest BCUT2D eigenvalue weighted by molar-refractivity contribution is 7.88. The van der Waals surface area contributed by atoms with E-state index in [1.807, 2.05) is 0 Å². The second-order valence-corrected chi connectivity index (χ2v) is 4.38. The maximum absolute atomic E-state index is 10.9. The molecule has 0 atom stereocenters. The number of nitrogens with one attached hydrogen (secondary N) is 1. The van der Waals surface area contributed by atoms with Crippen molar-refractivity contribution in [2.45, 2.75) is 0 Å². The molecule has 0 aromatic carbocycles.